The lowest BCUT2D eigenvalue weighted by Gasteiger charge is -2.44. The molecule has 0 saturated heterocycles. The molecule has 3 aromatic rings. The molecule has 0 unspecified atom stereocenters. The van der Waals surface area contributed by atoms with Crippen molar-refractivity contribution in [1.82, 2.24) is 0 Å². The third-order valence-electron chi connectivity index (χ3n) is 5.30. The lowest BCUT2D eigenvalue weighted by molar-refractivity contribution is -0.121. The molecule has 0 fully saturated rings. The molecule has 132 valence electrons. The van der Waals surface area contributed by atoms with Gasteiger partial charge < -0.3 is 10.2 Å². The van der Waals surface area contributed by atoms with E-state index >= 15 is 0 Å². The quantitative estimate of drug-likeness (QED) is 0.726. The van der Waals surface area contributed by atoms with E-state index in [0.29, 0.717) is 16.9 Å². The Hall–Kier alpha value is -3.60. The smallest absolute Gasteiger partial charge is 0.278 e. The number of carbonyl (C=O) groups excluding carboxylic acids is 2. The minimum absolute atomic E-state index is 0.185. The molecule has 1 N–H and O–H groups in total. The predicted octanol–water partition coefficient (Wildman–Crippen LogP) is 3.59. The van der Waals surface area contributed by atoms with Crippen LogP contribution in [0.5, 0.6) is 0 Å². The molecular formula is C22H17N3O2. The van der Waals surface area contributed by atoms with Crippen molar-refractivity contribution < 1.29 is 9.59 Å². The van der Waals surface area contributed by atoms with Crippen LogP contribution < -0.4 is 15.1 Å². The molecule has 27 heavy (non-hydrogen) atoms. The maximum Gasteiger partial charge on any atom is 0.278 e. The van der Waals surface area contributed by atoms with Crippen LogP contribution in [0.3, 0.4) is 0 Å². The highest BCUT2D eigenvalue weighted by Gasteiger charge is 2.58. The standard InChI is InChI=1S/C22H17N3O2/c1-24-19-14-8-6-12-17(19)22(21(24)27)23-18-13-7-5-11-16(18)20(26)25(22)15-9-3-2-4-10-15/h2-14,23H,1H3/t22-/m0/s1. The van der Waals surface area contributed by atoms with Crippen LogP contribution in [0.25, 0.3) is 0 Å². The second-order valence-electron chi connectivity index (χ2n) is 6.74. The van der Waals surface area contributed by atoms with Crippen LogP contribution >= 0.6 is 0 Å². The average Bonchev–Trinajstić information content (AvgIpc) is 2.92. The summed E-state index contributed by atoms with van der Waals surface area (Å²) >= 11 is 0. The number of rotatable bonds is 1. The molecule has 3 aromatic carbocycles. The maximum absolute atomic E-state index is 13.6. The number of hydrogen-bond donors (Lipinski definition) is 1. The van der Waals surface area contributed by atoms with Crippen molar-refractivity contribution in [2.24, 2.45) is 0 Å². The summed E-state index contributed by atoms with van der Waals surface area (Å²) in [5.74, 6) is -0.385. The number of para-hydroxylation sites is 3. The van der Waals surface area contributed by atoms with Gasteiger partial charge in [0.05, 0.1) is 11.3 Å². The van der Waals surface area contributed by atoms with Crippen LogP contribution in [-0.4, -0.2) is 18.9 Å². The van der Waals surface area contributed by atoms with Crippen LogP contribution in [0.4, 0.5) is 17.1 Å². The van der Waals surface area contributed by atoms with E-state index < -0.39 is 5.66 Å². The van der Waals surface area contributed by atoms with Crippen LogP contribution in [0.15, 0.2) is 78.9 Å². The van der Waals surface area contributed by atoms with E-state index in [9.17, 15) is 9.59 Å². The first-order chi connectivity index (χ1) is 13.1. The Kier molecular flexibility index (Phi) is 3.15. The van der Waals surface area contributed by atoms with Gasteiger partial charge in [0.2, 0.25) is 5.66 Å². The van der Waals surface area contributed by atoms with Crippen molar-refractivity contribution in [3.8, 4) is 0 Å². The first-order valence-electron chi connectivity index (χ1n) is 8.79. The van der Waals surface area contributed by atoms with Gasteiger partial charge in [0.15, 0.2) is 0 Å². The normalized spacial score (nSPS) is 20.5. The summed E-state index contributed by atoms with van der Waals surface area (Å²) in [6.07, 6.45) is 0. The van der Waals surface area contributed by atoms with Gasteiger partial charge in [-0.05, 0) is 30.3 Å². The Bertz CT molecular complexity index is 1080. The van der Waals surface area contributed by atoms with Crippen LogP contribution in [-0.2, 0) is 10.5 Å². The first-order valence-corrected chi connectivity index (χ1v) is 8.79. The number of amides is 2. The molecule has 2 amide bonds. The molecule has 5 heteroatoms. The van der Waals surface area contributed by atoms with Gasteiger partial charge in [-0.1, -0.05) is 48.5 Å². The van der Waals surface area contributed by atoms with E-state index in [2.05, 4.69) is 5.32 Å². The van der Waals surface area contributed by atoms with Crippen molar-refractivity contribution in [2.45, 2.75) is 5.66 Å². The molecule has 2 heterocycles. The van der Waals surface area contributed by atoms with Crippen molar-refractivity contribution in [2.75, 3.05) is 22.2 Å². The first kappa shape index (κ1) is 15.6. The monoisotopic (exact) mass is 355 g/mol. The number of hydrogen-bond acceptors (Lipinski definition) is 3. The SMILES string of the molecule is CN1C(=O)[C@]2(Nc3ccccc3C(=O)N2c2ccccc2)c2ccccc21. The second-order valence-corrected chi connectivity index (χ2v) is 6.74. The maximum atomic E-state index is 13.6. The largest absolute Gasteiger partial charge is 0.350 e. The number of likely N-dealkylation sites (N-methyl/N-ethyl adjacent to an activating group) is 1. The Morgan fingerprint density at radius 2 is 1.48 bits per heavy atom. The van der Waals surface area contributed by atoms with Crippen LogP contribution in [0.2, 0.25) is 0 Å². The molecule has 0 aliphatic carbocycles. The van der Waals surface area contributed by atoms with Gasteiger partial charge in [-0.15, -0.1) is 0 Å². The number of benzene rings is 3. The molecule has 0 bridgehead atoms. The van der Waals surface area contributed by atoms with E-state index in [1.165, 1.54) is 0 Å². The van der Waals surface area contributed by atoms with Gasteiger partial charge in [0.25, 0.3) is 11.8 Å². The van der Waals surface area contributed by atoms with Gasteiger partial charge in [-0.3, -0.25) is 14.5 Å². The van der Waals surface area contributed by atoms with Crippen molar-refractivity contribution in [3.63, 3.8) is 0 Å². The number of anilines is 3. The third-order valence-corrected chi connectivity index (χ3v) is 5.30. The fourth-order valence-corrected chi connectivity index (χ4v) is 4.07. The highest BCUT2D eigenvalue weighted by Crippen LogP contribution is 2.48. The van der Waals surface area contributed by atoms with Crippen molar-refractivity contribution in [3.05, 3.63) is 90.0 Å². The van der Waals surface area contributed by atoms with Crippen LogP contribution in [0, 0.1) is 0 Å². The summed E-state index contributed by atoms with van der Waals surface area (Å²) in [5.41, 5.74) is 2.13. The molecule has 0 aromatic heterocycles. The molecule has 2 aliphatic heterocycles. The Morgan fingerprint density at radius 1 is 0.815 bits per heavy atom. The summed E-state index contributed by atoms with van der Waals surface area (Å²) in [6.45, 7) is 0. The predicted molar refractivity (Wildman–Crippen MR) is 105 cm³/mol. The van der Waals surface area contributed by atoms with E-state index in [1.54, 1.807) is 22.9 Å². The van der Waals surface area contributed by atoms with Gasteiger partial charge >= 0.3 is 0 Å². The molecule has 5 nitrogen and oxygen atoms in total. The lowest BCUT2D eigenvalue weighted by atomic mass is 9.92. The Morgan fingerprint density at radius 3 is 2.30 bits per heavy atom. The van der Waals surface area contributed by atoms with Crippen LogP contribution in [0.1, 0.15) is 15.9 Å². The topological polar surface area (TPSA) is 52.7 Å². The summed E-state index contributed by atoms with van der Waals surface area (Å²) in [7, 11) is 1.74. The molecule has 0 radical (unpaired) electrons. The molecule has 5 rings (SSSR count). The Balaban J connectivity index is 1.85. The summed E-state index contributed by atoms with van der Waals surface area (Å²) in [4.78, 5) is 30.3. The zero-order valence-electron chi connectivity index (χ0n) is 14.7. The highest BCUT2D eigenvalue weighted by molar-refractivity contribution is 6.22. The van der Waals surface area contributed by atoms with E-state index in [4.69, 9.17) is 0 Å². The van der Waals surface area contributed by atoms with E-state index in [-0.39, 0.29) is 11.8 Å². The number of nitrogens with zero attached hydrogens (tertiary/aromatic N) is 2. The number of carbonyl (C=O) groups is 2. The second kappa shape index (κ2) is 5.45. The number of fused-ring (bicyclic) bond motifs is 3. The minimum Gasteiger partial charge on any atom is -0.350 e. The van der Waals surface area contributed by atoms with E-state index in [1.807, 2.05) is 72.8 Å². The average molecular weight is 355 g/mol. The fraction of sp³-hybridized carbons (Fsp3) is 0.0909. The van der Waals surface area contributed by atoms with Crippen molar-refractivity contribution >= 4 is 28.9 Å². The fourth-order valence-electron chi connectivity index (χ4n) is 4.07. The molecule has 1 spiro atoms. The zero-order valence-corrected chi connectivity index (χ0v) is 14.7. The zero-order chi connectivity index (χ0) is 18.6. The third kappa shape index (κ3) is 1.94. The lowest BCUT2D eigenvalue weighted by Crippen LogP contribution is -2.62. The molecule has 0 saturated carbocycles. The summed E-state index contributed by atoms with van der Waals surface area (Å²) < 4.78 is 0. The highest BCUT2D eigenvalue weighted by atomic mass is 16.2. The van der Waals surface area contributed by atoms with Crippen molar-refractivity contribution in [1.29, 1.82) is 0 Å². The summed E-state index contributed by atoms with van der Waals surface area (Å²) in [5, 5.41) is 3.40. The summed E-state index contributed by atoms with van der Waals surface area (Å²) in [6, 6.07) is 24.2. The Labute approximate surface area is 156 Å². The number of nitrogens with one attached hydrogen (secondary N) is 1. The van der Waals surface area contributed by atoms with Gasteiger partial charge in [0, 0.05) is 24.0 Å². The molecule has 1 atom stereocenters. The van der Waals surface area contributed by atoms with E-state index in [0.717, 1.165) is 11.3 Å². The molecular weight excluding hydrogens is 338 g/mol. The van der Waals surface area contributed by atoms with Gasteiger partial charge in [0.1, 0.15) is 0 Å². The minimum atomic E-state index is -1.31. The molecule has 2 aliphatic rings. The van der Waals surface area contributed by atoms with Gasteiger partial charge in [-0.2, -0.15) is 0 Å². The van der Waals surface area contributed by atoms with Gasteiger partial charge in [-0.25, -0.2) is 0 Å².